The second-order valence-corrected chi connectivity index (χ2v) is 4.27. The van der Waals surface area contributed by atoms with Crippen molar-refractivity contribution >= 4 is 12.0 Å². The van der Waals surface area contributed by atoms with E-state index in [9.17, 15) is 9.59 Å². The maximum absolute atomic E-state index is 11.5. The highest BCUT2D eigenvalue weighted by molar-refractivity contribution is 5.85. The number of rotatable bonds is 4. The summed E-state index contributed by atoms with van der Waals surface area (Å²) < 4.78 is 5.11. The Morgan fingerprint density at radius 2 is 2.12 bits per heavy atom. The lowest BCUT2D eigenvalue weighted by Gasteiger charge is -2.22. The maximum Gasteiger partial charge on any atom is 0.328 e. The summed E-state index contributed by atoms with van der Waals surface area (Å²) in [6.07, 6.45) is 1.51. The number of carboxylic acids is 1. The number of furan rings is 1. The molecule has 1 rings (SSSR count). The number of urea groups is 1. The van der Waals surface area contributed by atoms with Crippen molar-refractivity contribution in [3.05, 3.63) is 24.2 Å². The zero-order valence-corrected chi connectivity index (χ0v) is 9.98. The molecule has 0 saturated heterocycles. The molecule has 17 heavy (non-hydrogen) atoms. The van der Waals surface area contributed by atoms with E-state index in [0.717, 1.165) is 0 Å². The van der Waals surface area contributed by atoms with Gasteiger partial charge in [0.2, 0.25) is 0 Å². The fourth-order valence-electron chi connectivity index (χ4n) is 1.18. The number of hydrogen-bond donors (Lipinski definition) is 3. The van der Waals surface area contributed by atoms with E-state index in [4.69, 9.17) is 9.52 Å². The van der Waals surface area contributed by atoms with Crippen LogP contribution in [0.15, 0.2) is 22.8 Å². The summed E-state index contributed by atoms with van der Waals surface area (Å²) in [6, 6.07) is 2.57. The molecule has 3 N–H and O–H groups in total. The highest BCUT2D eigenvalue weighted by atomic mass is 16.4. The molecule has 0 aliphatic heterocycles. The van der Waals surface area contributed by atoms with Crippen molar-refractivity contribution in [2.45, 2.75) is 32.4 Å². The summed E-state index contributed by atoms with van der Waals surface area (Å²) in [5.41, 5.74) is -1.31. The van der Waals surface area contributed by atoms with E-state index in [1.54, 1.807) is 19.1 Å². The third kappa shape index (κ3) is 3.51. The molecular formula is C11H16N2O4. The van der Waals surface area contributed by atoms with Gasteiger partial charge in [0.1, 0.15) is 11.3 Å². The molecule has 1 heterocycles. The summed E-state index contributed by atoms with van der Waals surface area (Å²) in [5.74, 6) is -0.494. The lowest BCUT2D eigenvalue weighted by Crippen LogP contribution is -2.53. The number of hydrogen-bond acceptors (Lipinski definition) is 3. The predicted molar refractivity (Wildman–Crippen MR) is 60.5 cm³/mol. The van der Waals surface area contributed by atoms with E-state index in [-0.39, 0.29) is 6.04 Å². The molecule has 0 saturated carbocycles. The highest BCUT2D eigenvalue weighted by Gasteiger charge is 2.29. The van der Waals surface area contributed by atoms with Gasteiger partial charge in [0.05, 0.1) is 12.3 Å². The van der Waals surface area contributed by atoms with Gasteiger partial charge in [-0.05, 0) is 32.9 Å². The first-order chi connectivity index (χ1) is 7.83. The zero-order valence-electron chi connectivity index (χ0n) is 9.98. The molecular weight excluding hydrogens is 224 g/mol. The van der Waals surface area contributed by atoms with Crippen LogP contribution < -0.4 is 10.6 Å². The first-order valence-electron chi connectivity index (χ1n) is 5.18. The Hall–Kier alpha value is -1.98. The van der Waals surface area contributed by atoms with E-state index < -0.39 is 17.5 Å². The molecule has 0 radical (unpaired) electrons. The topological polar surface area (TPSA) is 91.6 Å². The molecule has 0 aliphatic rings. The summed E-state index contributed by atoms with van der Waals surface area (Å²) >= 11 is 0. The summed E-state index contributed by atoms with van der Waals surface area (Å²) in [4.78, 5) is 22.4. The Kier molecular flexibility index (Phi) is 3.77. The lowest BCUT2D eigenvalue weighted by atomic mass is 10.1. The quantitative estimate of drug-likeness (QED) is 0.743. The molecule has 0 aliphatic carbocycles. The maximum atomic E-state index is 11.5. The standard InChI is InChI=1S/C11H16N2O4/c1-7(8-5-4-6-17-8)12-10(16)13-11(2,3)9(14)15/h4-7H,1-3H3,(H,14,15)(H2,12,13,16). The minimum absolute atomic E-state index is 0.324. The van der Waals surface area contributed by atoms with Gasteiger partial charge in [0, 0.05) is 0 Å². The largest absolute Gasteiger partial charge is 0.480 e. The van der Waals surface area contributed by atoms with Gasteiger partial charge < -0.3 is 20.2 Å². The van der Waals surface area contributed by atoms with Crippen molar-refractivity contribution in [1.29, 1.82) is 0 Å². The molecule has 6 heteroatoms. The first kappa shape index (κ1) is 13.1. The predicted octanol–water partition coefficient (Wildman–Crippen LogP) is 1.50. The number of carbonyl (C=O) groups excluding carboxylic acids is 1. The second kappa shape index (κ2) is 4.90. The van der Waals surface area contributed by atoms with Gasteiger partial charge in [-0.15, -0.1) is 0 Å². The Morgan fingerprint density at radius 1 is 1.47 bits per heavy atom. The molecule has 0 fully saturated rings. The smallest absolute Gasteiger partial charge is 0.328 e. The number of amides is 2. The normalized spacial score (nSPS) is 12.9. The van der Waals surface area contributed by atoms with Crippen LogP contribution in [0.5, 0.6) is 0 Å². The van der Waals surface area contributed by atoms with Gasteiger partial charge in [0.25, 0.3) is 0 Å². The molecule has 1 atom stereocenters. The summed E-state index contributed by atoms with van der Waals surface area (Å²) in [6.45, 7) is 4.56. The minimum atomic E-state index is -1.31. The van der Waals surface area contributed by atoms with E-state index in [1.165, 1.54) is 20.1 Å². The molecule has 0 bridgehead atoms. The van der Waals surface area contributed by atoms with Crippen molar-refractivity contribution in [3.8, 4) is 0 Å². The second-order valence-electron chi connectivity index (χ2n) is 4.27. The van der Waals surface area contributed by atoms with E-state index in [2.05, 4.69) is 10.6 Å². The number of aliphatic carboxylic acids is 1. The number of carboxylic acid groups (broad SMARTS) is 1. The van der Waals surface area contributed by atoms with Crippen molar-refractivity contribution in [3.63, 3.8) is 0 Å². The molecule has 1 unspecified atom stereocenters. The monoisotopic (exact) mass is 240 g/mol. The Morgan fingerprint density at radius 3 is 2.59 bits per heavy atom. The average molecular weight is 240 g/mol. The average Bonchev–Trinajstić information content (AvgIpc) is 2.68. The van der Waals surface area contributed by atoms with Gasteiger partial charge in [0.15, 0.2) is 0 Å². The minimum Gasteiger partial charge on any atom is -0.480 e. The van der Waals surface area contributed by atoms with Gasteiger partial charge >= 0.3 is 12.0 Å². The third-order valence-corrected chi connectivity index (χ3v) is 2.28. The van der Waals surface area contributed by atoms with Crippen molar-refractivity contribution in [2.75, 3.05) is 0 Å². The Labute approximate surface area is 99.0 Å². The van der Waals surface area contributed by atoms with Crippen LogP contribution in [-0.4, -0.2) is 22.6 Å². The molecule has 1 aromatic heterocycles. The Balaban J connectivity index is 2.53. The van der Waals surface area contributed by atoms with E-state index in [0.29, 0.717) is 5.76 Å². The fraction of sp³-hybridized carbons (Fsp3) is 0.455. The van der Waals surface area contributed by atoms with Crippen molar-refractivity contribution in [2.24, 2.45) is 0 Å². The van der Waals surface area contributed by atoms with Crippen LogP contribution in [-0.2, 0) is 4.79 Å². The molecule has 94 valence electrons. The molecule has 6 nitrogen and oxygen atoms in total. The number of carbonyl (C=O) groups is 2. The molecule has 1 aromatic rings. The first-order valence-corrected chi connectivity index (χ1v) is 5.18. The SMILES string of the molecule is CC(NC(=O)NC(C)(C)C(=O)O)c1ccco1. The van der Waals surface area contributed by atoms with Crippen molar-refractivity contribution < 1.29 is 19.1 Å². The lowest BCUT2D eigenvalue weighted by molar-refractivity contribution is -0.142. The van der Waals surface area contributed by atoms with E-state index >= 15 is 0 Å². The summed E-state index contributed by atoms with van der Waals surface area (Å²) in [7, 11) is 0. The van der Waals surface area contributed by atoms with Crippen LogP contribution in [0.4, 0.5) is 4.79 Å². The summed E-state index contributed by atoms with van der Waals surface area (Å²) in [5, 5.41) is 13.8. The van der Waals surface area contributed by atoms with E-state index in [1.807, 2.05) is 0 Å². The van der Waals surface area contributed by atoms with Crippen LogP contribution in [0.3, 0.4) is 0 Å². The van der Waals surface area contributed by atoms with Gasteiger partial charge in [-0.3, -0.25) is 0 Å². The van der Waals surface area contributed by atoms with Crippen LogP contribution in [0.2, 0.25) is 0 Å². The third-order valence-electron chi connectivity index (χ3n) is 2.28. The highest BCUT2D eigenvalue weighted by Crippen LogP contribution is 2.12. The fourth-order valence-corrected chi connectivity index (χ4v) is 1.18. The van der Waals surface area contributed by atoms with Crippen LogP contribution >= 0.6 is 0 Å². The zero-order chi connectivity index (χ0) is 13.1. The molecule has 0 spiro atoms. The number of nitrogens with one attached hydrogen (secondary N) is 2. The van der Waals surface area contributed by atoms with Gasteiger partial charge in [-0.2, -0.15) is 0 Å². The van der Waals surface area contributed by atoms with Crippen LogP contribution in [0, 0.1) is 0 Å². The van der Waals surface area contributed by atoms with Gasteiger partial charge in [-0.25, -0.2) is 9.59 Å². The van der Waals surface area contributed by atoms with Crippen LogP contribution in [0.25, 0.3) is 0 Å². The van der Waals surface area contributed by atoms with Gasteiger partial charge in [-0.1, -0.05) is 0 Å². The molecule has 2 amide bonds. The van der Waals surface area contributed by atoms with Crippen LogP contribution in [0.1, 0.15) is 32.6 Å². The molecule has 0 aromatic carbocycles. The van der Waals surface area contributed by atoms with Crippen molar-refractivity contribution in [1.82, 2.24) is 10.6 Å². The Bertz CT molecular complexity index is 398.